The third-order valence-electron chi connectivity index (χ3n) is 3.23. The maximum atomic E-state index is 13.3. The molecule has 3 rings (SSSR count). The Morgan fingerprint density at radius 2 is 2.08 bits per heavy atom. The van der Waals surface area contributed by atoms with Gasteiger partial charge < -0.3 is 10.4 Å². The number of aliphatic hydroxyl groups is 1. The van der Waals surface area contributed by atoms with E-state index in [1.807, 2.05) is 0 Å². The Bertz CT molecular complexity index is 899. The van der Waals surface area contributed by atoms with Crippen molar-refractivity contribution in [2.45, 2.75) is 6.61 Å². The maximum absolute atomic E-state index is 13.3. The second-order valence-corrected chi connectivity index (χ2v) is 5.67. The summed E-state index contributed by atoms with van der Waals surface area (Å²) in [6, 6.07) is 5.02. The summed E-state index contributed by atoms with van der Waals surface area (Å²) in [5.41, 5.74) is 1.42. The van der Waals surface area contributed by atoms with Crippen LogP contribution >= 0.6 is 11.3 Å². The molecule has 3 aromatic rings. The Balaban J connectivity index is 1.82. The van der Waals surface area contributed by atoms with E-state index in [0.717, 1.165) is 23.5 Å². The molecule has 2 aromatic heterocycles. The number of thiazole rings is 1. The number of nitrogens with zero attached hydrogens (tertiary/aromatic N) is 2. The van der Waals surface area contributed by atoms with Gasteiger partial charge in [0.2, 0.25) is 0 Å². The van der Waals surface area contributed by atoms with Crippen molar-refractivity contribution < 1.29 is 18.7 Å². The number of nitrogens with one attached hydrogen (secondary N) is 1. The molecule has 2 heterocycles. The fourth-order valence-corrected chi connectivity index (χ4v) is 2.80. The fourth-order valence-electron chi connectivity index (χ4n) is 2.00. The van der Waals surface area contributed by atoms with Gasteiger partial charge in [-0.2, -0.15) is 0 Å². The largest absolute Gasteiger partial charge is 0.392 e. The zero-order valence-electron chi connectivity index (χ0n) is 12.2. The first kappa shape index (κ1) is 16.2. The van der Waals surface area contributed by atoms with Crippen LogP contribution in [0.5, 0.6) is 0 Å². The molecule has 0 radical (unpaired) electrons. The number of pyridine rings is 1. The molecule has 1 amide bonds. The second kappa shape index (κ2) is 6.81. The SMILES string of the molecule is O=C(Nc1cnccc1CO)c1csc(-c2ccc(F)c(F)c2)n1. The van der Waals surface area contributed by atoms with E-state index < -0.39 is 17.5 Å². The molecular weight excluding hydrogens is 336 g/mol. The number of carbonyl (C=O) groups excluding carboxylic acids is 1. The standard InChI is InChI=1S/C16H11F2N3O2S/c17-11-2-1-9(5-12(11)18)16-21-14(8-24-16)15(23)20-13-6-19-4-3-10(13)7-22/h1-6,8,22H,7H2,(H,20,23). The van der Waals surface area contributed by atoms with Gasteiger partial charge in [-0.3, -0.25) is 9.78 Å². The van der Waals surface area contributed by atoms with Gasteiger partial charge in [0.25, 0.3) is 5.91 Å². The molecule has 1 aromatic carbocycles. The summed E-state index contributed by atoms with van der Waals surface area (Å²) in [7, 11) is 0. The number of carbonyl (C=O) groups is 1. The Hall–Kier alpha value is -2.71. The first-order valence-corrected chi connectivity index (χ1v) is 7.72. The minimum atomic E-state index is -0.975. The molecule has 2 N–H and O–H groups in total. The highest BCUT2D eigenvalue weighted by atomic mass is 32.1. The summed E-state index contributed by atoms with van der Waals surface area (Å²) < 4.78 is 26.3. The van der Waals surface area contributed by atoms with Crippen molar-refractivity contribution in [3.05, 3.63) is 64.9 Å². The number of aromatic nitrogens is 2. The molecule has 0 spiro atoms. The van der Waals surface area contributed by atoms with E-state index in [1.54, 1.807) is 6.07 Å². The lowest BCUT2D eigenvalue weighted by Crippen LogP contribution is -2.14. The van der Waals surface area contributed by atoms with E-state index in [9.17, 15) is 18.7 Å². The molecule has 0 saturated heterocycles. The van der Waals surface area contributed by atoms with Gasteiger partial charge in [0.1, 0.15) is 10.7 Å². The number of benzene rings is 1. The van der Waals surface area contributed by atoms with Gasteiger partial charge in [0.05, 0.1) is 18.5 Å². The Morgan fingerprint density at radius 1 is 1.25 bits per heavy atom. The molecule has 24 heavy (non-hydrogen) atoms. The summed E-state index contributed by atoms with van der Waals surface area (Å²) >= 11 is 1.14. The van der Waals surface area contributed by atoms with E-state index >= 15 is 0 Å². The Kier molecular flexibility index (Phi) is 4.59. The Morgan fingerprint density at radius 3 is 2.83 bits per heavy atom. The number of halogens is 2. The summed E-state index contributed by atoms with van der Waals surface area (Å²) in [6.07, 6.45) is 2.93. The van der Waals surface area contributed by atoms with Crippen molar-refractivity contribution >= 4 is 22.9 Å². The van der Waals surface area contributed by atoms with E-state index in [1.165, 1.54) is 23.8 Å². The summed E-state index contributed by atoms with van der Waals surface area (Å²) in [6.45, 7) is -0.241. The molecule has 0 aliphatic rings. The van der Waals surface area contributed by atoms with Crippen molar-refractivity contribution in [2.24, 2.45) is 0 Å². The zero-order valence-corrected chi connectivity index (χ0v) is 13.0. The van der Waals surface area contributed by atoms with Crippen LogP contribution in [0.3, 0.4) is 0 Å². The van der Waals surface area contributed by atoms with E-state index in [2.05, 4.69) is 15.3 Å². The first-order chi connectivity index (χ1) is 11.6. The average Bonchev–Trinajstić information content (AvgIpc) is 3.08. The molecule has 0 aliphatic carbocycles. The zero-order chi connectivity index (χ0) is 17.1. The number of amides is 1. The molecule has 0 atom stereocenters. The molecule has 0 fully saturated rings. The first-order valence-electron chi connectivity index (χ1n) is 6.84. The number of anilines is 1. The summed E-state index contributed by atoms with van der Waals surface area (Å²) in [4.78, 5) is 20.3. The number of aliphatic hydroxyl groups excluding tert-OH is 1. The van der Waals surface area contributed by atoms with Gasteiger partial charge >= 0.3 is 0 Å². The van der Waals surface area contributed by atoms with Crippen LogP contribution < -0.4 is 5.32 Å². The van der Waals surface area contributed by atoms with E-state index in [4.69, 9.17) is 0 Å². The van der Waals surface area contributed by atoms with Crippen LogP contribution in [0.1, 0.15) is 16.1 Å². The van der Waals surface area contributed by atoms with Crippen LogP contribution in [0.4, 0.5) is 14.5 Å². The van der Waals surface area contributed by atoms with Gasteiger partial charge in [0, 0.05) is 22.7 Å². The van der Waals surface area contributed by atoms with Crippen LogP contribution in [-0.4, -0.2) is 21.0 Å². The van der Waals surface area contributed by atoms with Gasteiger partial charge in [-0.25, -0.2) is 13.8 Å². The van der Waals surface area contributed by atoms with Gasteiger partial charge in [-0.15, -0.1) is 11.3 Å². The lowest BCUT2D eigenvalue weighted by Gasteiger charge is -2.07. The molecule has 0 unspecified atom stereocenters. The van der Waals surface area contributed by atoms with Crippen LogP contribution in [0.25, 0.3) is 10.6 Å². The maximum Gasteiger partial charge on any atom is 0.275 e. The summed E-state index contributed by atoms with van der Waals surface area (Å²) in [5, 5.41) is 13.8. The predicted molar refractivity (Wildman–Crippen MR) is 85.6 cm³/mol. The molecule has 0 aliphatic heterocycles. The molecule has 5 nitrogen and oxygen atoms in total. The second-order valence-electron chi connectivity index (χ2n) is 4.81. The highest BCUT2D eigenvalue weighted by Crippen LogP contribution is 2.25. The molecular formula is C16H11F2N3O2S. The lowest BCUT2D eigenvalue weighted by molar-refractivity contribution is 0.102. The summed E-state index contributed by atoms with van der Waals surface area (Å²) in [5.74, 6) is -2.40. The minimum absolute atomic E-state index is 0.132. The van der Waals surface area contributed by atoms with Crippen LogP contribution in [-0.2, 0) is 6.61 Å². The molecule has 0 bridgehead atoms. The lowest BCUT2D eigenvalue weighted by atomic mass is 10.2. The Labute approximate surface area is 139 Å². The monoisotopic (exact) mass is 347 g/mol. The van der Waals surface area contributed by atoms with Crippen molar-refractivity contribution in [2.75, 3.05) is 5.32 Å². The minimum Gasteiger partial charge on any atom is -0.392 e. The molecule has 122 valence electrons. The van der Waals surface area contributed by atoms with Crippen molar-refractivity contribution in [3.8, 4) is 10.6 Å². The third-order valence-corrected chi connectivity index (χ3v) is 4.12. The number of hydrogen-bond donors (Lipinski definition) is 2. The van der Waals surface area contributed by atoms with Gasteiger partial charge in [-0.05, 0) is 24.3 Å². The predicted octanol–water partition coefficient (Wildman–Crippen LogP) is 3.23. The topological polar surface area (TPSA) is 75.1 Å². The third kappa shape index (κ3) is 3.29. The number of rotatable bonds is 4. The van der Waals surface area contributed by atoms with Crippen LogP contribution in [0.15, 0.2) is 42.0 Å². The molecule has 0 saturated carbocycles. The highest BCUT2D eigenvalue weighted by Gasteiger charge is 2.14. The fraction of sp³-hybridized carbons (Fsp3) is 0.0625. The van der Waals surface area contributed by atoms with Crippen LogP contribution in [0, 0.1) is 11.6 Å². The highest BCUT2D eigenvalue weighted by molar-refractivity contribution is 7.13. The van der Waals surface area contributed by atoms with Crippen molar-refractivity contribution in [1.29, 1.82) is 0 Å². The smallest absolute Gasteiger partial charge is 0.275 e. The van der Waals surface area contributed by atoms with Gasteiger partial charge in [0.15, 0.2) is 11.6 Å². The number of hydrogen-bond acceptors (Lipinski definition) is 5. The molecule has 8 heteroatoms. The normalized spacial score (nSPS) is 10.6. The van der Waals surface area contributed by atoms with E-state index in [-0.39, 0.29) is 12.3 Å². The van der Waals surface area contributed by atoms with E-state index in [0.29, 0.717) is 21.8 Å². The average molecular weight is 347 g/mol. The van der Waals surface area contributed by atoms with Gasteiger partial charge in [-0.1, -0.05) is 0 Å². The van der Waals surface area contributed by atoms with Crippen molar-refractivity contribution in [1.82, 2.24) is 9.97 Å². The quantitative estimate of drug-likeness (QED) is 0.760. The van der Waals surface area contributed by atoms with Crippen molar-refractivity contribution in [3.63, 3.8) is 0 Å². The van der Waals surface area contributed by atoms with Crippen LogP contribution in [0.2, 0.25) is 0 Å².